The van der Waals surface area contributed by atoms with E-state index in [1.807, 2.05) is 30.3 Å². The van der Waals surface area contributed by atoms with Gasteiger partial charge in [-0.05, 0) is 35.2 Å². The fraction of sp³-hybridized carbons (Fsp3) is 0. The first-order valence-electron chi connectivity index (χ1n) is 7.47. The molecule has 0 bridgehead atoms. The molecule has 3 aromatic carbocycles. The lowest BCUT2D eigenvalue weighted by Gasteiger charge is -2.33. The molecular weight excluding hydrogens is 301 g/mol. The molecule has 106 valence electrons. The summed E-state index contributed by atoms with van der Waals surface area (Å²) in [7, 11) is 0. The third-order valence-corrected chi connectivity index (χ3v) is 5.62. The van der Waals surface area contributed by atoms with Gasteiger partial charge >= 0.3 is 0 Å². The molecular formula is C19H10BNOS. The molecule has 0 N–H and O–H groups in total. The molecule has 0 atom stereocenters. The quantitative estimate of drug-likeness (QED) is 0.412. The molecule has 3 aromatic rings. The Labute approximate surface area is 138 Å². The van der Waals surface area contributed by atoms with Gasteiger partial charge in [0.15, 0.2) is 0 Å². The van der Waals surface area contributed by atoms with Crippen molar-refractivity contribution in [2.75, 3.05) is 0 Å². The average molecular weight is 311 g/mol. The zero-order chi connectivity index (χ0) is 15.4. The predicted molar refractivity (Wildman–Crippen MR) is 92.9 cm³/mol. The van der Waals surface area contributed by atoms with Gasteiger partial charge in [0.25, 0.3) is 6.71 Å². The van der Waals surface area contributed by atoms with Gasteiger partial charge in [-0.2, -0.15) is 5.26 Å². The summed E-state index contributed by atoms with van der Waals surface area (Å²) in [4.78, 5) is 2.45. The molecule has 0 amide bonds. The van der Waals surface area contributed by atoms with Gasteiger partial charge in [-0.15, -0.1) is 0 Å². The van der Waals surface area contributed by atoms with Crippen molar-refractivity contribution in [3.63, 3.8) is 0 Å². The lowest BCUT2D eigenvalue weighted by atomic mass is 9.35. The Balaban J connectivity index is 1.89. The Morgan fingerprint density at radius 3 is 2.52 bits per heavy atom. The van der Waals surface area contributed by atoms with Gasteiger partial charge in [0.05, 0.1) is 5.56 Å². The van der Waals surface area contributed by atoms with E-state index in [1.165, 1.54) is 20.7 Å². The van der Waals surface area contributed by atoms with Crippen LogP contribution in [0.15, 0.2) is 70.5 Å². The number of ether oxygens (including phenoxy) is 1. The maximum absolute atomic E-state index is 9.47. The Kier molecular flexibility index (Phi) is 2.62. The van der Waals surface area contributed by atoms with Crippen LogP contribution in [0, 0.1) is 11.3 Å². The summed E-state index contributed by atoms with van der Waals surface area (Å²) in [6, 6.07) is 22.8. The van der Waals surface area contributed by atoms with Crippen LogP contribution in [0.3, 0.4) is 0 Å². The number of nitrogens with zero attached hydrogens (tertiary/aromatic N) is 1. The van der Waals surface area contributed by atoms with Crippen LogP contribution < -0.4 is 21.1 Å². The molecule has 2 aliphatic rings. The Bertz CT molecular complexity index is 997. The van der Waals surface area contributed by atoms with Crippen LogP contribution in [0.1, 0.15) is 5.56 Å². The van der Waals surface area contributed by atoms with Crippen molar-refractivity contribution in [1.29, 1.82) is 5.26 Å². The fourth-order valence-electron chi connectivity index (χ4n) is 3.47. The van der Waals surface area contributed by atoms with Crippen molar-refractivity contribution in [3.05, 3.63) is 66.2 Å². The number of hydrogen-bond donors (Lipinski definition) is 0. The van der Waals surface area contributed by atoms with Crippen LogP contribution in [-0.2, 0) is 0 Å². The summed E-state index contributed by atoms with van der Waals surface area (Å²) in [5, 5.41) is 9.47. The van der Waals surface area contributed by atoms with E-state index in [4.69, 9.17) is 4.74 Å². The topological polar surface area (TPSA) is 33.0 Å². The van der Waals surface area contributed by atoms with Gasteiger partial charge in [-0.1, -0.05) is 53.6 Å². The summed E-state index contributed by atoms with van der Waals surface area (Å²) in [6.45, 7) is 0.135. The molecule has 0 aliphatic carbocycles. The van der Waals surface area contributed by atoms with Gasteiger partial charge < -0.3 is 4.74 Å². The number of rotatable bonds is 0. The van der Waals surface area contributed by atoms with E-state index in [9.17, 15) is 5.26 Å². The van der Waals surface area contributed by atoms with Crippen molar-refractivity contribution in [2.24, 2.45) is 0 Å². The molecule has 23 heavy (non-hydrogen) atoms. The number of nitriles is 1. The van der Waals surface area contributed by atoms with Crippen molar-refractivity contribution >= 4 is 34.9 Å². The lowest BCUT2D eigenvalue weighted by Crippen LogP contribution is -2.57. The maximum Gasteiger partial charge on any atom is 0.253 e. The number of fused-ring (bicyclic) bond motifs is 4. The zero-order valence-corrected chi connectivity index (χ0v) is 12.9. The molecule has 4 heteroatoms. The first-order chi connectivity index (χ1) is 11.4. The third kappa shape index (κ3) is 1.71. The van der Waals surface area contributed by atoms with E-state index in [-0.39, 0.29) is 6.71 Å². The van der Waals surface area contributed by atoms with E-state index in [1.54, 1.807) is 11.8 Å². The van der Waals surface area contributed by atoms with E-state index >= 15 is 0 Å². The summed E-state index contributed by atoms with van der Waals surface area (Å²) < 4.78 is 6.13. The molecule has 0 fully saturated rings. The molecule has 2 heterocycles. The van der Waals surface area contributed by atoms with Crippen molar-refractivity contribution in [1.82, 2.24) is 0 Å². The summed E-state index contributed by atoms with van der Waals surface area (Å²) in [5.74, 6) is 1.57. The van der Waals surface area contributed by atoms with E-state index in [2.05, 4.69) is 36.4 Å². The van der Waals surface area contributed by atoms with Crippen LogP contribution in [0.5, 0.6) is 11.5 Å². The first-order valence-corrected chi connectivity index (χ1v) is 8.29. The highest BCUT2D eigenvalue weighted by atomic mass is 32.2. The van der Waals surface area contributed by atoms with Crippen LogP contribution in [-0.4, -0.2) is 6.71 Å². The van der Waals surface area contributed by atoms with Crippen molar-refractivity contribution < 1.29 is 4.74 Å². The van der Waals surface area contributed by atoms with Crippen molar-refractivity contribution in [3.8, 4) is 17.6 Å². The smallest absolute Gasteiger partial charge is 0.253 e. The van der Waals surface area contributed by atoms with Crippen molar-refractivity contribution in [2.45, 2.75) is 9.79 Å². The maximum atomic E-state index is 9.47. The normalized spacial score (nSPS) is 13.3. The largest absolute Gasteiger partial charge is 0.457 e. The molecule has 0 unspecified atom stereocenters. The standard InChI is InChI=1S/C19H10BNOS/c21-11-12-9-10-17-18-19(12)22-15-7-3-1-5-13(15)20(18)14-6-2-4-8-16(14)23-17/h1-10H. The minimum absolute atomic E-state index is 0.135. The minimum Gasteiger partial charge on any atom is -0.457 e. The second-order valence-corrected chi connectivity index (χ2v) is 6.76. The van der Waals surface area contributed by atoms with Crippen LogP contribution in [0.25, 0.3) is 0 Å². The van der Waals surface area contributed by atoms with E-state index in [0.29, 0.717) is 5.56 Å². The molecule has 5 rings (SSSR count). The second kappa shape index (κ2) is 4.68. The molecule has 0 saturated heterocycles. The second-order valence-electron chi connectivity index (χ2n) is 5.68. The number of hydrogen-bond acceptors (Lipinski definition) is 3. The van der Waals surface area contributed by atoms with E-state index in [0.717, 1.165) is 17.0 Å². The third-order valence-electron chi connectivity index (χ3n) is 4.46. The molecule has 0 saturated carbocycles. The molecule has 0 radical (unpaired) electrons. The Hall–Kier alpha value is -2.64. The SMILES string of the molecule is N#Cc1ccc2c3c1Oc1ccccc1B3c1ccccc1S2. The summed E-state index contributed by atoms with van der Waals surface area (Å²) in [6.07, 6.45) is 0. The summed E-state index contributed by atoms with van der Waals surface area (Å²) >= 11 is 1.75. The monoisotopic (exact) mass is 311 g/mol. The molecule has 0 aromatic heterocycles. The summed E-state index contributed by atoms with van der Waals surface area (Å²) in [5.41, 5.74) is 4.19. The van der Waals surface area contributed by atoms with Crippen LogP contribution in [0.2, 0.25) is 0 Å². The van der Waals surface area contributed by atoms with Gasteiger partial charge in [0.1, 0.15) is 17.6 Å². The van der Waals surface area contributed by atoms with Crippen LogP contribution >= 0.6 is 11.8 Å². The Morgan fingerprint density at radius 2 is 1.65 bits per heavy atom. The predicted octanol–water partition coefficient (Wildman–Crippen LogP) is 2.64. The lowest BCUT2D eigenvalue weighted by molar-refractivity contribution is 0.484. The van der Waals surface area contributed by atoms with Gasteiger partial charge in [-0.25, -0.2) is 0 Å². The van der Waals surface area contributed by atoms with Gasteiger partial charge in [0, 0.05) is 9.79 Å². The number of para-hydroxylation sites is 1. The van der Waals surface area contributed by atoms with Gasteiger partial charge in [0.2, 0.25) is 0 Å². The highest BCUT2D eigenvalue weighted by Gasteiger charge is 2.39. The van der Waals surface area contributed by atoms with Gasteiger partial charge in [-0.3, -0.25) is 0 Å². The highest BCUT2D eigenvalue weighted by Crippen LogP contribution is 2.37. The molecule has 2 nitrogen and oxygen atoms in total. The number of benzene rings is 3. The first kappa shape index (κ1) is 12.9. The Morgan fingerprint density at radius 1 is 0.870 bits per heavy atom. The minimum atomic E-state index is 0.135. The fourth-order valence-corrected chi connectivity index (χ4v) is 4.62. The average Bonchev–Trinajstić information content (AvgIpc) is 2.61. The molecule has 2 aliphatic heterocycles. The van der Waals surface area contributed by atoms with Crippen LogP contribution in [0.4, 0.5) is 0 Å². The highest BCUT2D eigenvalue weighted by molar-refractivity contribution is 8.00. The van der Waals surface area contributed by atoms with E-state index < -0.39 is 0 Å². The zero-order valence-electron chi connectivity index (χ0n) is 12.1. The molecule has 0 spiro atoms.